The number of amides is 1. The number of hydrogen-bond acceptors (Lipinski definition) is 6. The van der Waals surface area contributed by atoms with E-state index in [0.29, 0.717) is 5.78 Å². The van der Waals surface area contributed by atoms with E-state index in [9.17, 15) is 13.2 Å². The van der Waals surface area contributed by atoms with Gasteiger partial charge in [0.2, 0.25) is 15.8 Å². The van der Waals surface area contributed by atoms with Crippen LogP contribution in [-0.4, -0.2) is 33.9 Å². The highest BCUT2D eigenvalue weighted by Gasteiger charge is 2.18. The summed E-state index contributed by atoms with van der Waals surface area (Å²) in [5, 5.41) is 12.0. The molecule has 0 saturated carbocycles. The fraction of sp³-hybridized carbons (Fsp3) is 0.250. The molecule has 1 aromatic carbocycles. The highest BCUT2D eigenvalue weighted by Crippen LogP contribution is 2.16. The molecule has 10 heteroatoms. The van der Waals surface area contributed by atoms with Crippen LogP contribution >= 0.6 is 0 Å². The Bertz CT molecular complexity index is 1090. The molecule has 2 heterocycles. The number of nitrogens with one attached hydrogen (secondary N) is 1. The molecule has 3 aromatic rings. The van der Waals surface area contributed by atoms with Gasteiger partial charge in [-0.15, -0.1) is 5.10 Å². The van der Waals surface area contributed by atoms with Crippen molar-refractivity contribution >= 4 is 21.7 Å². The molecule has 0 spiro atoms. The minimum Gasteiger partial charge on any atom is -0.343 e. The van der Waals surface area contributed by atoms with Crippen LogP contribution in [0.1, 0.15) is 40.5 Å². The Balaban J connectivity index is 1.80. The number of hydrogen-bond donors (Lipinski definition) is 2. The lowest BCUT2D eigenvalue weighted by atomic mass is 10.1. The summed E-state index contributed by atoms with van der Waals surface area (Å²) in [7, 11) is -3.75. The Kier molecular flexibility index (Phi) is 4.46. The number of rotatable bonds is 4. The quantitative estimate of drug-likeness (QED) is 0.696. The highest BCUT2D eigenvalue weighted by molar-refractivity contribution is 7.89. The Morgan fingerprint density at radius 3 is 2.46 bits per heavy atom. The van der Waals surface area contributed by atoms with Crippen molar-refractivity contribution in [2.24, 2.45) is 5.14 Å². The van der Waals surface area contributed by atoms with Gasteiger partial charge in [0.1, 0.15) is 0 Å². The van der Waals surface area contributed by atoms with E-state index in [1.807, 2.05) is 19.9 Å². The molecule has 0 saturated heterocycles. The third kappa shape index (κ3) is 3.55. The second-order valence-corrected chi connectivity index (χ2v) is 7.56. The van der Waals surface area contributed by atoms with Crippen molar-refractivity contribution in [3.63, 3.8) is 0 Å². The fourth-order valence-corrected chi connectivity index (χ4v) is 3.07. The fourth-order valence-electron chi connectivity index (χ4n) is 2.55. The summed E-state index contributed by atoms with van der Waals surface area (Å²) < 4.78 is 24.1. The number of nitrogens with two attached hydrogens (primary N) is 1. The molecule has 136 valence electrons. The Labute approximate surface area is 150 Å². The second-order valence-electron chi connectivity index (χ2n) is 6.00. The summed E-state index contributed by atoms with van der Waals surface area (Å²) in [6.07, 6.45) is 0. The van der Waals surface area contributed by atoms with Crippen LogP contribution < -0.4 is 10.5 Å². The lowest BCUT2D eigenvalue weighted by Gasteiger charge is -2.13. The van der Waals surface area contributed by atoms with E-state index in [-0.39, 0.29) is 16.8 Å². The third-order valence-corrected chi connectivity index (χ3v) is 4.81. The Morgan fingerprint density at radius 2 is 1.85 bits per heavy atom. The number of benzene rings is 1. The molecular weight excluding hydrogens is 356 g/mol. The van der Waals surface area contributed by atoms with E-state index in [2.05, 4.69) is 20.4 Å². The summed E-state index contributed by atoms with van der Waals surface area (Å²) >= 11 is 0. The first-order valence-corrected chi connectivity index (χ1v) is 9.34. The smallest absolute Gasteiger partial charge is 0.291 e. The first kappa shape index (κ1) is 18.0. The molecule has 0 bridgehead atoms. The number of primary sulfonamides is 1. The van der Waals surface area contributed by atoms with E-state index in [1.165, 1.54) is 16.6 Å². The molecule has 1 atom stereocenters. The molecule has 0 aliphatic rings. The molecule has 2 aromatic heterocycles. The van der Waals surface area contributed by atoms with Crippen molar-refractivity contribution in [2.75, 3.05) is 0 Å². The van der Waals surface area contributed by atoms with Crippen molar-refractivity contribution in [2.45, 2.75) is 31.7 Å². The molecule has 9 nitrogen and oxygen atoms in total. The minimum atomic E-state index is -3.75. The van der Waals surface area contributed by atoms with E-state index < -0.39 is 15.9 Å². The zero-order valence-corrected chi connectivity index (χ0v) is 15.3. The van der Waals surface area contributed by atoms with Crippen LogP contribution in [0.15, 0.2) is 35.2 Å². The van der Waals surface area contributed by atoms with Crippen molar-refractivity contribution in [1.82, 2.24) is 24.9 Å². The van der Waals surface area contributed by atoms with Crippen molar-refractivity contribution < 1.29 is 13.2 Å². The number of carbonyl (C=O) groups excluding carboxylic acids is 1. The van der Waals surface area contributed by atoms with Gasteiger partial charge in [0.15, 0.2) is 0 Å². The second kappa shape index (κ2) is 6.46. The molecule has 3 N–H and O–H groups in total. The predicted octanol–water partition coefficient (Wildman–Crippen LogP) is 0.880. The number of aromatic nitrogens is 4. The summed E-state index contributed by atoms with van der Waals surface area (Å²) in [4.78, 5) is 20.9. The van der Waals surface area contributed by atoms with E-state index in [0.717, 1.165) is 17.0 Å². The van der Waals surface area contributed by atoms with Crippen molar-refractivity contribution in [3.8, 4) is 0 Å². The van der Waals surface area contributed by atoms with Gasteiger partial charge in [-0.1, -0.05) is 12.1 Å². The summed E-state index contributed by atoms with van der Waals surface area (Å²) in [5.74, 6) is -0.0763. The maximum atomic E-state index is 12.4. The standard InChI is InChI=1S/C16H18N6O3S/c1-9-8-10(2)22-16(18-9)20-14(21-22)15(23)19-11(3)12-4-6-13(7-5-12)26(17,24)25/h4-8,11H,1-3H3,(H,19,23)(H2,17,24,25). The van der Waals surface area contributed by atoms with E-state index in [1.54, 1.807) is 19.1 Å². The van der Waals surface area contributed by atoms with Crippen LogP contribution in [0.3, 0.4) is 0 Å². The zero-order chi connectivity index (χ0) is 19.1. The summed E-state index contributed by atoms with van der Waals surface area (Å²) in [6, 6.07) is 7.45. The van der Waals surface area contributed by atoms with Crippen LogP contribution in [0.5, 0.6) is 0 Å². The number of fused-ring (bicyclic) bond motifs is 1. The largest absolute Gasteiger partial charge is 0.343 e. The molecule has 0 radical (unpaired) electrons. The van der Waals surface area contributed by atoms with Crippen molar-refractivity contribution in [1.29, 1.82) is 0 Å². The van der Waals surface area contributed by atoms with Gasteiger partial charge in [0, 0.05) is 11.4 Å². The molecule has 26 heavy (non-hydrogen) atoms. The monoisotopic (exact) mass is 374 g/mol. The average Bonchev–Trinajstić information content (AvgIpc) is 2.98. The first-order chi connectivity index (χ1) is 12.1. The topological polar surface area (TPSA) is 132 Å². The lowest BCUT2D eigenvalue weighted by Crippen LogP contribution is -2.27. The molecular formula is C16H18N6O3S. The molecule has 0 aliphatic heterocycles. The molecule has 0 aliphatic carbocycles. The maximum Gasteiger partial charge on any atom is 0.291 e. The van der Waals surface area contributed by atoms with Gasteiger partial charge in [-0.2, -0.15) is 4.98 Å². The normalized spacial score (nSPS) is 12.9. The zero-order valence-electron chi connectivity index (χ0n) is 14.5. The van der Waals surface area contributed by atoms with Crippen LogP contribution in [0.4, 0.5) is 0 Å². The summed E-state index contributed by atoms with van der Waals surface area (Å²) in [5.41, 5.74) is 2.34. The Hall–Kier alpha value is -2.85. The van der Waals surface area contributed by atoms with Gasteiger partial charge in [0.05, 0.1) is 10.9 Å². The maximum absolute atomic E-state index is 12.4. The molecule has 1 amide bonds. The van der Waals surface area contributed by atoms with Crippen LogP contribution in [0.2, 0.25) is 0 Å². The van der Waals surface area contributed by atoms with E-state index in [4.69, 9.17) is 5.14 Å². The number of aryl methyl sites for hydroxylation is 2. The number of nitrogens with zero attached hydrogens (tertiary/aromatic N) is 4. The summed E-state index contributed by atoms with van der Waals surface area (Å²) in [6.45, 7) is 5.47. The lowest BCUT2D eigenvalue weighted by molar-refractivity contribution is 0.0929. The SMILES string of the molecule is Cc1cc(C)n2nc(C(=O)NC(C)c3ccc(S(N)(=O)=O)cc3)nc2n1. The van der Waals surface area contributed by atoms with Gasteiger partial charge in [-0.05, 0) is 44.5 Å². The predicted molar refractivity (Wildman–Crippen MR) is 94.0 cm³/mol. The average molecular weight is 374 g/mol. The highest BCUT2D eigenvalue weighted by atomic mass is 32.2. The van der Waals surface area contributed by atoms with E-state index >= 15 is 0 Å². The molecule has 1 unspecified atom stereocenters. The van der Waals surface area contributed by atoms with Crippen LogP contribution in [0.25, 0.3) is 5.78 Å². The third-order valence-electron chi connectivity index (χ3n) is 3.88. The Morgan fingerprint density at radius 1 is 1.19 bits per heavy atom. The minimum absolute atomic E-state index is 0.0127. The molecule has 0 fully saturated rings. The van der Waals surface area contributed by atoms with Gasteiger partial charge < -0.3 is 5.32 Å². The van der Waals surface area contributed by atoms with Gasteiger partial charge in [-0.3, -0.25) is 4.79 Å². The van der Waals surface area contributed by atoms with Crippen LogP contribution in [0, 0.1) is 13.8 Å². The van der Waals surface area contributed by atoms with Gasteiger partial charge in [-0.25, -0.2) is 23.1 Å². The number of carbonyl (C=O) groups is 1. The molecule has 3 rings (SSSR count). The van der Waals surface area contributed by atoms with Gasteiger partial charge >= 0.3 is 0 Å². The van der Waals surface area contributed by atoms with Gasteiger partial charge in [0.25, 0.3) is 11.7 Å². The first-order valence-electron chi connectivity index (χ1n) is 7.80. The number of sulfonamides is 1. The van der Waals surface area contributed by atoms with Crippen LogP contribution in [-0.2, 0) is 10.0 Å². The van der Waals surface area contributed by atoms with Crippen molar-refractivity contribution in [3.05, 3.63) is 53.1 Å².